The van der Waals surface area contributed by atoms with Crippen LogP contribution in [0.15, 0.2) is 12.4 Å². The van der Waals surface area contributed by atoms with E-state index >= 15 is 0 Å². The predicted molar refractivity (Wildman–Crippen MR) is 126 cm³/mol. The number of aromatic nitrogens is 3. The molecule has 4 aliphatic rings. The van der Waals surface area contributed by atoms with Gasteiger partial charge in [-0.2, -0.15) is 15.0 Å². The molecular formula is C27H43N3O3. The van der Waals surface area contributed by atoms with Crippen LogP contribution in [-0.4, -0.2) is 44.2 Å². The Kier molecular flexibility index (Phi) is 6.00. The maximum Gasteiger partial charge on any atom is 0.159 e. The molecule has 184 valence electrons. The van der Waals surface area contributed by atoms with E-state index in [1.54, 1.807) is 17.2 Å². The maximum absolute atomic E-state index is 13.3. The van der Waals surface area contributed by atoms with Crippen LogP contribution in [0, 0.1) is 40.4 Å². The average Bonchev–Trinajstić information content (AvgIpc) is 3.38. The van der Waals surface area contributed by atoms with Crippen LogP contribution in [0.4, 0.5) is 0 Å². The minimum Gasteiger partial charge on any atom is -0.390 e. The number of carbonyl (C=O) groups is 1. The summed E-state index contributed by atoms with van der Waals surface area (Å²) in [5, 5.41) is 19.2. The van der Waals surface area contributed by atoms with Crippen molar-refractivity contribution in [3.8, 4) is 0 Å². The lowest BCUT2D eigenvalue weighted by molar-refractivity contribution is -0.183. The molecule has 1 aromatic heterocycles. The van der Waals surface area contributed by atoms with Gasteiger partial charge in [-0.3, -0.25) is 4.79 Å². The summed E-state index contributed by atoms with van der Waals surface area (Å²) in [6, 6.07) is 0. The summed E-state index contributed by atoms with van der Waals surface area (Å²) in [6.45, 7) is 9.87. The molecule has 5 rings (SSSR count). The first-order valence-electron chi connectivity index (χ1n) is 13.4. The van der Waals surface area contributed by atoms with Crippen molar-refractivity contribution in [1.29, 1.82) is 0 Å². The zero-order chi connectivity index (χ0) is 23.4. The number of rotatable bonds is 6. The molecule has 4 aliphatic carbocycles. The summed E-state index contributed by atoms with van der Waals surface area (Å²) in [4.78, 5) is 14.9. The lowest BCUT2D eigenvalue weighted by Crippen LogP contribution is -2.58. The lowest BCUT2D eigenvalue weighted by atomic mass is 9.43. The Labute approximate surface area is 198 Å². The molecule has 0 radical (unpaired) electrons. The van der Waals surface area contributed by atoms with E-state index in [0.29, 0.717) is 36.0 Å². The molecule has 0 amide bonds. The Morgan fingerprint density at radius 2 is 1.82 bits per heavy atom. The molecule has 0 aliphatic heterocycles. The van der Waals surface area contributed by atoms with Crippen LogP contribution >= 0.6 is 0 Å². The summed E-state index contributed by atoms with van der Waals surface area (Å²) in [7, 11) is 0. The maximum atomic E-state index is 13.3. The van der Waals surface area contributed by atoms with Crippen LogP contribution in [0.3, 0.4) is 0 Å². The van der Waals surface area contributed by atoms with Gasteiger partial charge < -0.3 is 9.84 Å². The van der Waals surface area contributed by atoms with Crippen molar-refractivity contribution >= 4 is 5.78 Å². The Hall–Kier alpha value is -1.27. The fourth-order valence-corrected chi connectivity index (χ4v) is 8.94. The number of carbonyl (C=O) groups excluding carboxylic acids is 1. The predicted octanol–water partition coefficient (Wildman–Crippen LogP) is 4.66. The third kappa shape index (κ3) is 3.99. The minimum atomic E-state index is -0.534. The molecule has 4 fully saturated rings. The standard InChI is InChI=1S/C27H43N3O3/c1-18(2)33-17-27-12-11-25(3,32)15-19(27)5-6-20-21-7-8-23(26(21,4)10-9-22(20)27)24(31)16-30-28-13-14-29-30/h13-14,18-23,32H,5-12,15-17H2,1-4H3/t19-,20+,21+,22+,23-,25-,26+,27-/m1/s1. The van der Waals surface area contributed by atoms with Crippen LogP contribution in [0.1, 0.15) is 85.5 Å². The van der Waals surface area contributed by atoms with E-state index in [9.17, 15) is 9.90 Å². The molecule has 8 atom stereocenters. The van der Waals surface area contributed by atoms with Gasteiger partial charge in [-0.05, 0) is 113 Å². The van der Waals surface area contributed by atoms with Gasteiger partial charge in [-0.15, -0.1) is 0 Å². The molecule has 6 heteroatoms. The number of hydrogen-bond acceptors (Lipinski definition) is 5. The van der Waals surface area contributed by atoms with Gasteiger partial charge in [0.25, 0.3) is 0 Å². The van der Waals surface area contributed by atoms with Crippen molar-refractivity contribution < 1.29 is 14.6 Å². The third-order valence-corrected chi connectivity index (χ3v) is 10.5. The normalized spacial score (nSPS) is 44.8. The van der Waals surface area contributed by atoms with E-state index in [-0.39, 0.29) is 22.9 Å². The SMILES string of the molecule is CC(C)OC[C@]12CC[C@@](C)(O)C[C@H]1CC[C@H]1[C@@H]3CC[C@H](C(=O)Cn4nccn4)[C@@]3(C)CC[C@@H]12. The third-order valence-electron chi connectivity index (χ3n) is 10.5. The number of ether oxygens (including phenoxy) is 1. The summed E-state index contributed by atoms with van der Waals surface area (Å²) in [5.41, 5.74) is -0.246. The van der Waals surface area contributed by atoms with E-state index in [2.05, 4.69) is 31.0 Å². The van der Waals surface area contributed by atoms with Gasteiger partial charge in [0.2, 0.25) is 0 Å². The van der Waals surface area contributed by atoms with Gasteiger partial charge in [-0.25, -0.2) is 0 Å². The topological polar surface area (TPSA) is 77.2 Å². The number of hydrogen-bond donors (Lipinski definition) is 1. The fraction of sp³-hybridized carbons (Fsp3) is 0.889. The van der Waals surface area contributed by atoms with E-state index in [1.807, 2.05) is 6.92 Å². The quantitative estimate of drug-likeness (QED) is 0.672. The molecular weight excluding hydrogens is 414 g/mol. The van der Waals surface area contributed by atoms with E-state index in [0.717, 1.165) is 38.7 Å². The van der Waals surface area contributed by atoms with Crippen LogP contribution in [-0.2, 0) is 16.1 Å². The molecule has 33 heavy (non-hydrogen) atoms. The Morgan fingerprint density at radius 3 is 2.55 bits per heavy atom. The van der Waals surface area contributed by atoms with Gasteiger partial charge in [0.15, 0.2) is 5.78 Å². The Bertz CT molecular complexity index is 849. The summed E-state index contributed by atoms with van der Waals surface area (Å²) in [5.74, 6) is 2.95. The second-order valence-corrected chi connectivity index (χ2v) is 12.6. The summed E-state index contributed by atoms with van der Waals surface area (Å²) < 4.78 is 6.36. The monoisotopic (exact) mass is 457 g/mol. The number of Topliss-reactive ketones (excluding diaryl/α,β-unsaturated/α-hetero) is 1. The Morgan fingerprint density at radius 1 is 1.06 bits per heavy atom. The molecule has 0 spiro atoms. The summed E-state index contributed by atoms with van der Waals surface area (Å²) in [6.07, 6.45) is 13.4. The molecule has 1 heterocycles. The van der Waals surface area contributed by atoms with Gasteiger partial charge >= 0.3 is 0 Å². The molecule has 1 N–H and O–H groups in total. The molecule has 0 unspecified atom stereocenters. The molecule has 1 aromatic rings. The first kappa shape index (κ1) is 23.5. The fourth-order valence-electron chi connectivity index (χ4n) is 8.94. The van der Waals surface area contributed by atoms with E-state index < -0.39 is 5.60 Å². The average molecular weight is 458 g/mol. The number of fused-ring (bicyclic) bond motifs is 5. The number of nitrogens with zero attached hydrogens (tertiary/aromatic N) is 3. The molecule has 6 nitrogen and oxygen atoms in total. The Balaban J connectivity index is 1.39. The first-order valence-corrected chi connectivity index (χ1v) is 13.4. The molecule has 4 saturated carbocycles. The lowest BCUT2D eigenvalue weighted by Gasteiger charge is -2.62. The molecule has 0 aromatic carbocycles. The van der Waals surface area contributed by atoms with E-state index in [1.165, 1.54) is 25.7 Å². The van der Waals surface area contributed by atoms with Crippen molar-refractivity contribution in [3.63, 3.8) is 0 Å². The van der Waals surface area contributed by atoms with Crippen molar-refractivity contribution in [2.75, 3.05) is 6.61 Å². The second-order valence-electron chi connectivity index (χ2n) is 12.6. The highest BCUT2D eigenvalue weighted by molar-refractivity contribution is 5.82. The minimum absolute atomic E-state index is 0.0957. The van der Waals surface area contributed by atoms with Crippen LogP contribution in [0.2, 0.25) is 0 Å². The van der Waals surface area contributed by atoms with Crippen LogP contribution in [0.5, 0.6) is 0 Å². The largest absolute Gasteiger partial charge is 0.390 e. The number of aliphatic hydroxyl groups is 1. The van der Waals surface area contributed by atoms with Crippen LogP contribution < -0.4 is 0 Å². The van der Waals surface area contributed by atoms with Gasteiger partial charge in [0.1, 0.15) is 6.54 Å². The van der Waals surface area contributed by atoms with Crippen molar-refractivity contribution in [1.82, 2.24) is 15.0 Å². The molecule has 0 bridgehead atoms. The van der Waals surface area contributed by atoms with Gasteiger partial charge in [0.05, 0.1) is 30.7 Å². The highest BCUT2D eigenvalue weighted by Gasteiger charge is 2.63. The first-order chi connectivity index (χ1) is 15.6. The van der Waals surface area contributed by atoms with Crippen molar-refractivity contribution in [2.45, 2.75) is 104 Å². The van der Waals surface area contributed by atoms with E-state index in [4.69, 9.17) is 4.74 Å². The summed E-state index contributed by atoms with van der Waals surface area (Å²) >= 11 is 0. The van der Waals surface area contributed by atoms with Crippen molar-refractivity contribution in [2.24, 2.45) is 40.4 Å². The zero-order valence-electron chi connectivity index (χ0n) is 21.0. The zero-order valence-corrected chi connectivity index (χ0v) is 21.0. The van der Waals surface area contributed by atoms with Gasteiger partial charge in [-0.1, -0.05) is 6.92 Å². The van der Waals surface area contributed by atoms with Crippen molar-refractivity contribution in [3.05, 3.63) is 12.4 Å². The smallest absolute Gasteiger partial charge is 0.159 e. The van der Waals surface area contributed by atoms with Gasteiger partial charge in [0, 0.05) is 5.92 Å². The number of ketones is 1. The highest BCUT2D eigenvalue weighted by Crippen LogP contribution is 2.68. The second kappa shape index (κ2) is 8.44. The van der Waals surface area contributed by atoms with Crippen LogP contribution in [0.25, 0.3) is 0 Å². The highest BCUT2D eigenvalue weighted by atomic mass is 16.5. The molecule has 0 saturated heterocycles.